The molecule has 0 radical (unpaired) electrons. The van der Waals surface area contributed by atoms with Crippen LogP contribution in [0.3, 0.4) is 0 Å². The quantitative estimate of drug-likeness (QED) is 0.398. The highest BCUT2D eigenvalue weighted by Crippen LogP contribution is 2.59. The van der Waals surface area contributed by atoms with Crippen LogP contribution in [-0.4, -0.2) is 12.1 Å². The first-order chi connectivity index (χ1) is 10.3. The maximum atomic E-state index is 12.9. The molecule has 0 N–H and O–H groups in total. The van der Waals surface area contributed by atoms with Crippen molar-refractivity contribution in [2.75, 3.05) is 0 Å². The summed E-state index contributed by atoms with van der Waals surface area (Å²) >= 11 is 0. The third kappa shape index (κ3) is 3.43. The van der Waals surface area contributed by atoms with Crippen molar-refractivity contribution in [3.63, 3.8) is 0 Å². The van der Waals surface area contributed by atoms with Gasteiger partial charge in [0.25, 0.3) is 0 Å². The predicted molar refractivity (Wildman–Crippen MR) is 97.7 cm³/mol. The number of fused-ring (bicyclic) bond motifs is 1. The lowest BCUT2D eigenvalue weighted by Gasteiger charge is -2.56. The van der Waals surface area contributed by atoms with E-state index in [1.165, 1.54) is 0 Å². The number of halogens is 1. The molecule has 0 saturated heterocycles. The molecule has 0 aromatic carbocycles. The highest BCUT2D eigenvalue weighted by Gasteiger charge is 2.60. The van der Waals surface area contributed by atoms with Gasteiger partial charge in [-0.2, -0.15) is 0 Å². The molecular formula is C20H33ClO2. The fourth-order valence-electron chi connectivity index (χ4n) is 4.82. The number of rotatable bonds is 4. The highest BCUT2D eigenvalue weighted by molar-refractivity contribution is 6.00. The summed E-state index contributed by atoms with van der Waals surface area (Å²) < 4.78 is 0. The Bertz CT molecular complexity index is 468. The van der Waals surface area contributed by atoms with Crippen LogP contribution in [0.2, 0.25) is 0 Å². The van der Waals surface area contributed by atoms with Crippen molar-refractivity contribution in [1.29, 1.82) is 0 Å². The number of hydrogen-bond donors (Lipinski definition) is 0. The van der Waals surface area contributed by atoms with Crippen LogP contribution < -0.4 is 0 Å². The fraction of sp³-hybridized carbons (Fsp3) is 0.800. The van der Waals surface area contributed by atoms with Gasteiger partial charge in [0.2, 0.25) is 0 Å². The largest absolute Gasteiger partial charge is 0.302 e. The lowest BCUT2D eigenvalue weighted by atomic mass is 9.46. The Morgan fingerprint density at radius 3 is 2.52 bits per heavy atom. The minimum absolute atomic E-state index is 0. The van der Waals surface area contributed by atoms with Gasteiger partial charge in [-0.05, 0) is 48.3 Å². The van der Waals surface area contributed by atoms with Gasteiger partial charge in [0.05, 0.1) is 5.41 Å². The van der Waals surface area contributed by atoms with E-state index in [2.05, 4.69) is 46.8 Å². The molecule has 2 nitrogen and oxygen atoms in total. The van der Waals surface area contributed by atoms with Gasteiger partial charge in [0, 0.05) is 6.42 Å². The predicted octanol–water partition coefficient (Wildman–Crippen LogP) is 5.25. The van der Waals surface area contributed by atoms with Crippen molar-refractivity contribution >= 4 is 24.5 Å². The van der Waals surface area contributed by atoms with Crippen LogP contribution in [0.4, 0.5) is 0 Å². The Hall–Kier alpha value is -0.630. The van der Waals surface area contributed by atoms with Crippen molar-refractivity contribution in [2.24, 2.45) is 34.5 Å². The van der Waals surface area contributed by atoms with Gasteiger partial charge >= 0.3 is 0 Å². The Morgan fingerprint density at radius 1 is 1.30 bits per heavy atom. The second-order valence-corrected chi connectivity index (χ2v) is 8.37. The van der Waals surface area contributed by atoms with Crippen molar-refractivity contribution < 1.29 is 9.59 Å². The van der Waals surface area contributed by atoms with Crippen LogP contribution in [0, 0.1) is 34.5 Å². The molecule has 2 rings (SSSR count). The van der Waals surface area contributed by atoms with Crippen molar-refractivity contribution in [1.82, 2.24) is 0 Å². The van der Waals surface area contributed by atoms with Gasteiger partial charge < -0.3 is 4.79 Å². The molecule has 0 bridgehead atoms. The van der Waals surface area contributed by atoms with E-state index in [9.17, 15) is 9.59 Å². The van der Waals surface area contributed by atoms with E-state index in [0.29, 0.717) is 18.3 Å². The standard InChI is InChI=1S/C20H32O2.ClH/c1-6-14(2)7-9-16-15(3)8-10-17-19(4,5)12-11-18(22)20(16,17)13-21;/h7,9,13-17H,6,8,10-12H2,1-5H3;1H/b9-7-;/t14-,15+,16+,17+,20-;/m1./s1. The van der Waals surface area contributed by atoms with Crippen LogP contribution in [-0.2, 0) is 9.59 Å². The number of carbonyl (C=O) groups is 2. The van der Waals surface area contributed by atoms with Crippen molar-refractivity contribution in [2.45, 2.75) is 66.7 Å². The number of allylic oxidation sites excluding steroid dienone is 2. The topological polar surface area (TPSA) is 34.1 Å². The summed E-state index contributed by atoms with van der Waals surface area (Å²) in [4.78, 5) is 25.1. The first-order valence-corrected chi connectivity index (χ1v) is 8.97. The van der Waals surface area contributed by atoms with Gasteiger partial charge in [-0.25, -0.2) is 0 Å². The summed E-state index contributed by atoms with van der Waals surface area (Å²) in [6.45, 7) is 11.1. The van der Waals surface area contributed by atoms with Gasteiger partial charge in [-0.15, -0.1) is 12.4 Å². The molecule has 5 atom stereocenters. The Balaban J connectivity index is 0.00000264. The molecule has 0 unspecified atom stereocenters. The number of aldehydes is 1. The average Bonchev–Trinajstić information content (AvgIpc) is 2.49. The minimum atomic E-state index is -0.774. The zero-order chi connectivity index (χ0) is 16.5. The Kier molecular flexibility index (Phi) is 6.66. The van der Waals surface area contributed by atoms with Crippen molar-refractivity contribution in [3.8, 4) is 0 Å². The monoisotopic (exact) mass is 340 g/mol. The molecule has 23 heavy (non-hydrogen) atoms. The summed E-state index contributed by atoms with van der Waals surface area (Å²) in [6.07, 6.45) is 10.2. The molecule has 3 heteroatoms. The number of hydrogen-bond acceptors (Lipinski definition) is 2. The van der Waals surface area contributed by atoms with E-state index < -0.39 is 5.41 Å². The Labute approximate surface area is 147 Å². The van der Waals surface area contributed by atoms with E-state index in [1.807, 2.05) is 0 Å². The molecule has 0 heterocycles. The third-order valence-corrected chi connectivity index (χ3v) is 6.56. The molecule has 0 amide bonds. The molecule has 0 spiro atoms. The minimum Gasteiger partial charge on any atom is -0.302 e. The molecule has 2 aliphatic carbocycles. The normalized spacial score (nSPS) is 37.8. The maximum Gasteiger partial charge on any atom is 0.147 e. The summed E-state index contributed by atoms with van der Waals surface area (Å²) in [5.74, 6) is 1.37. The summed E-state index contributed by atoms with van der Waals surface area (Å²) in [6, 6.07) is 0. The number of ketones is 1. The lowest BCUT2D eigenvalue weighted by Crippen LogP contribution is -2.58. The first kappa shape index (κ1) is 20.4. The van der Waals surface area contributed by atoms with E-state index in [0.717, 1.165) is 32.0 Å². The molecule has 2 fully saturated rings. The lowest BCUT2D eigenvalue weighted by molar-refractivity contribution is -0.159. The smallest absolute Gasteiger partial charge is 0.147 e. The van der Waals surface area contributed by atoms with Crippen LogP contribution in [0.5, 0.6) is 0 Å². The van der Waals surface area contributed by atoms with Gasteiger partial charge in [-0.1, -0.05) is 53.2 Å². The molecule has 0 aromatic rings. The van der Waals surface area contributed by atoms with E-state index >= 15 is 0 Å². The zero-order valence-electron chi connectivity index (χ0n) is 15.3. The van der Waals surface area contributed by atoms with Gasteiger partial charge in [-0.3, -0.25) is 4.79 Å². The second kappa shape index (κ2) is 7.51. The average molecular weight is 341 g/mol. The third-order valence-electron chi connectivity index (χ3n) is 6.56. The summed E-state index contributed by atoms with van der Waals surface area (Å²) in [7, 11) is 0. The number of carbonyl (C=O) groups excluding carboxylic acids is 2. The molecule has 0 aromatic heterocycles. The van der Waals surface area contributed by atoms with Crippen LogP contribution in [0.15, 0.2) is 12.2 Å². The summed E-state index contributed by atoms with van der Waals surface area (Å²) in [5, 5.41) is 0. The number of Topliss-reactive ketones (excluding diaryl/α,β-unsaturated/α-hetero) is 1. The van der Waals surface area contributed by atoms with Crippen LogP contribution >= 0.6 is 12.4 Å². The fourth-order valence-corrected chi connectivity index (χ4v) is 4.82. The summed E-state index contributed by atoms with van der Waals surface area (Å²) in [5.41, 5.74) is -0.694. The molecule has 0 aliphatic heterocycles. The Morgan fingerprint density at radius 2 is 1.96 bits per heavy atom. The maximum absolute atomic E-state index is 12.9. The zero-order valence-corrected chi connectivity index (χ0v) is 16.1. The van der Waals surface area contributed by atoms with Crippen LogP contribution in [0.25, 0.3) is 0 Å². The molecule has 2 saturated carbocycles. The van der Waals surface area contributed by atoms with Gasteiger partial charge in [0.1, 0.15) is 12.1 Å². The molecular weight excluding hydrogens is 308 g/mol. The van der Waals surface area contributed by atoms with Gasteiger partial charge in [0.15, 0.2) is 0 Å². The SMILES string of the molecule is CC[C@@H](C)/C=C\[C@H]1[C@@H](C)CC[C@H]2C(C)(C)CCC(=O)[C@]12C=O.Cl. The molecule has 2 aliphatic rings. The van der Waals surface area contributed by atoms with E-state index in [-0.39, 0.29) is 35.4 Å². The first-order valence-electron chi connectivity index (χ1n) is 8.97. The molecule has 132 valence electrons. The second-order valence-electron chi connectivity index (χ2n) is 8.37. The van der Waals surface area contributed by atoms with Crippen molar-refractivity contribution in [3.05, 3.63) is 12.2 Å². The van der Waals surface area contributed by atoms with E-state index in [1.54, 1.807) is 0 Å². The van der Waals surface area contributed by atoms with E-state index in [4.69, 9.17) is 0 Å². The van der Waals surface area contributed by atoms with Crippen LogP contribution in [0.1, 0.15) is 66.7 Å². The highest BCUT2D eigenvalue weighted by atomic mass is 35.5.